The average molecular weight is 423 g/mol. The summed E-state index contributed by atoms with van der Waals surface area (Å²) >= 11 is 0. The molecule has 0 radical (unpaired) electrons. The molecule has 2 aliphatic carbocycles. The molecule has 1 aromatic heterocycles. The van der Waals surface area contributed by atoms with E-state index in [0.717, 1.165) is 18.4 Å². The Hall–Kier alpha value is -3.16. The Morgan fingerprint density at radius 3 is 2.61 bits per heavy atom. The molecule has 3 unspecified atom stereocenters. The molecule has 160 valence electrons. The smallest absolute Gasteiger partial charge is 0.296 e. The summed E-state index contributed by atoms with van der Waals surface area (Å²) in [7, 11) is 0. The quantitative estimate of drug-likeness (QED) is 0.774. The van der Waals surface area contributed by atoms with E-state index < -0.39 is 22.9 Å². The van der Waals surface area contributed by atoms with Crippen molar-refractivity contribution in [3.8, 4) is 5.75 Å². The number of carbonyl (C=O) groups excluding carboxylic acids is 2. The lowest BCUT2D eigenvalue weighted by Crippen LogP contribution is -2.52. The molecule has 1 aromatic carbocycles. The second-order valence-corrected chi connectivity index (χ2v) is 9.47. The van der Waals surface area contributed by atoms with Gasteiger partial charge in [-0.1, -0.05) is 19.1 Å². The van der Waals surface area contributed by atoms with Gasteiger partial charge in [0.05, 0.1) is 5.56 Å². The van der Waals surface area contributed by atoms with Crippen LogP contribution in [0.15, 0.2) is 29.1 Å². The molecular weight excluding hydrogens is 401 g/mol. The van der Waals surface area contributed by atoms with Crippen molar-refractivity contribution in [2.24, 2.45) is 11.3 Å². The summed E-state index contributed by atoms with van der Waals surface area (Å²) in [5.41, 5.74) is -0.370. The van der Waals surface area contributed by atoms with Crippen molar-refractivity contribution in [1.82, 2.24) is 14.8 Å². The number of nitrogens with one attached hydrogen (secondary N) is 1. The average Bonchev–Trinajstić information content (AvgIpc) is 3.22. The largest absolute Gasteiger partial charge is 0.502 e. The molecule has 2 fully saturated rings. The van der Waals surface area contributed by atoms with Gasteiger partial charge < -0.3 is 15.3 Å². The first-order valence-corrected chi connectivity index (χ1v) is 10.6. The Morgan fingerprint density at radius 2 is 1.97 bits per heavy atom. The van der Waals surface area contributed by atoms with Gasteiger partial charge in [-0.05, 0) is 49.3 Å². The standard InChI is InChI=1S/C23H22FN3O4/c1-22-10-13(22)6-8-23(22)25-19(29)17-15-7-9-26(11-12-2-4-14(24)5-3-12)20(30)16(15)18(28)21(31)27(17)23/h2-5,13,28H,6-11H2,1H3,(H,25,29). The van der Waals surface area contributed by atoms with Crippen molar-refractivity contribution in [1.29, 1.82) is 0 Å². The molecule has 3 atom stereocenters. The Kier molecular flexibility index (Phi) is 3.45. The number of fused-ring (bicyclic) bond motifs is 6. The third-order valence-electron chi connectivity index (χ3n) is 8.00. The molecule has 7 nitrogen and oxygen atoms in total. The Bertz CT molecular complexity index is 1230. The van der Waals surface area contributed by atoms with Gasteiger partial charge >= 0.3 is 0 Å². The van der Waals surface area contributed by atoms with Crippen molar-refractivity contribution in [3.05, 3.63) is 62.8 Å². The zero-order valence-corrected chi connectivity index (χ0v) is 17.1. The van der Waals surface area contributed by atoms with Crippen molar-refractivity contribution >= 4 is 11.8 Å². The van der Waals surface area contributed by atoms with Crippen LogP contribution >= 0.6 is 0 Å². The SMILES string of the molecule is CC12CC1CCC21NC(=O)c2c3c(c(O)c(=O)n21)C(=O)N(Cc1ccc(F)cc1)CC3. The summed E-state index contributed by atoms with van der Waals surface area (Å²) in [6.07, 6.45) is 2.86. The maximum Gasteiger partial charge on any atom is 0.296 e. The number of hydrogen-bond acceptors (Lipinski definition) is 4. The molecule has 0 saturated heterocycles. The zero-order chi connectivity index (χ0) is 21.7. The highest BCUT2D eigenvalue weighted by molar-refractivity contribution is 6.05. The fourth-order valence-electron chi connectivity index (χ4n) is 6.18. The van der Waals surface area contributed by atoms with Crippen LogP contribution < -0.4 is 10.9 Å². The second-order valence-electron chi connectivity index (χ2n) is 9.47. The maximum atomic E-state index is 13.3. The maximum absolute atomic E-state index is 13.3. The highest BCUT2D eigenvalue weighted by Gasteiger charge is 2.72. The molecule has 0 bridgehead atoms. The molecule has 2 N–H and O–H groups in total. The number of nitrogens with zero attached hydrogens (tertiary/aromatic N) is 2. The van der Waals surface area contributed by atoms with Crippen LogP contribution in [0.1, 0.15) is 58.2 Å². The number of amides is 2. The number of pyridine rings is 1. The van der Waals surface area contributed by atoms with Crippen LogP contribution in [0, 0.1) is 17.2 Å². The van der Waals surface area contributed by atoms with Crippen LogP contribution in [0.3, 0.4) is 0 Å². The molecule has 3 heterocycles. The predicted octanol–water partition coefficient (Wildman–Crippen LogP) is 2.11. The molecule has 8 heteroatoms. The van der Waals surface area contributed by atoms with Gasteiger partial charge in [-0.2, -0.15) is 0 Å². The van der Waals surface area contributed by atoms with E-state index in [1.807, 2.05) is 0 Å². The number of carbonyl (C=O) groups is 2. The Balaban J connectivity index is 1.46. The lowest BCUT2D eigenvalue weighted by atomic mass is 9.91. The van der Waals surface area contributed by atoms with Gasteiger partial charge in [0.1, 0.15) is 17.2 Å². The minimum Gasteiger partial charge on any atom is -0.502 e. The number of rotatable bonds is 2. The summed E-state index contributed by atoms with van der Waals surface area (Å²) in [6.45, 7) is 2.65. The van der Waals surface area contributed by atoms with Gasteiger partial charge in [-0.3, -0.25) is 19.0 Å². The first-order valence-electron chi connectivity index (χ1n) is 10.6. The second kappa shape index (κ2) is 5.75. The number of aromatic nitrogens is 1. The summed E-state index contributed by atoms with van der Waals surface area (Å²) in [5, 5.41) is 13.9. The van der Waals surface area contributed by atoms with Crippen molar-refractivity contribution < 1.29 is 19.1 Å². The highest BCUT2D eigenvalue weighted by Crippen LogP contribution is 2.70. The first-order chi connectivity index (χ1) is 14.8. The van der Waals surface area contributed by atoms with Crippen molar-refractivity contribution in [3.63, 3.8) is 0 Å². The van der Waals surface area contributed by atoms with Crippen LogP contribution in [0.5, 0.6) is 5.75 Å². The van der Waals surface area contributed by atoms with Gasteiger partial charge in [-0.15, -0.1) is 0 Å². The van der Waals surface area contributed by atoms with Gasteiger partial charge in [0.25, 0.3) is 17.4 Å². The van der Waals surface area contributed by atoms with E-state index in [9.17, 15) is 23.9 Å². The van der Waals surface area contributed by atoms with Crippen LogP contribution in [-0.2, 0) is 18.6 Å². The van der Waals surface area contributed by atoms with Crippen molar-refractivity contribution in [2.75, 3.05) is 6.54 Å². The summed E-state index contributed by atoms with van der Waals surface area (Å²) < 4.78 is 14.7. The normalized spacial score (nSPS) is 30.3. The van der Waals surface area contributed by atoms with Gasteiger partial charge in [0.2, 0.25) is 0 Å². The number of benzene rings is 1. The lowest BCUT2D eigenvalue weighted by molar-refractivity contribution is 0.0720. The lowest BCUT2D eigenvalue weighted by Gasteiger charge is -2.36. The monoisotopic (exact) mass is 423 g/mol. The zero-order valence-electron chi connectivity index (χ0n) is 17.1. The fraction of sp³-hybridized carbons (Fsp3) is 0.435. The predicted molar refractivity (Wildman–Crippen MR) is 108 cm³/mol. The number of aromatic hydroxyl groups is 1. The van der Waals surface area contributed by atoms with E-state index in [1.54, 1.807) is 12.1 Å². The third-order valence-corrected chi connectivity index (χ3v) is 8.00. The minimum absolute atomic E-state index is 0.0766. The molecule has 2 aliphatic heterocycles. The van der Waals surface area contributed by atoms with E-state index >= 15 is 0 Å². The first kappa shape index (κ1) is 18.6. The van der Waals surface area contributed by atoms with Gasteiger partial charge in [0.15, 0.2) is 5.75 Å². The van der Waals surface area contributed by atoms with E-state index in [1.165, 1.54) is 21.6 Å². The van der Waals surface area contributed by atoms with E-state index in [4.69, 9.17) is 0 Å². The summed E-state index contributed by atoms with van der Waals surface area (Å²) in [5.74, 6) is -1.33. The van der Waals surface area contributed by atoms with E-state index in [2.05, 4.69) is 12.2 Å². The fourth-order valence-corrected chi connectivity index (χ4v) is 6.18. The van der Waals surface area contributed by atoms with E-state index in [-0.39, 0.29) is 34.9 Å². The van der Waals surface area contributed by atoms with Gasteiger partial charge in [0, 0.05) is 24.1 Å². The molecule has 2 aromatic rings. The van der Waals surface area contributed by atoms with Gasteiger partial charge in [-0.25, -0.2) is 4.39 Å². The van der Waals surface area contributed by atoms with Crippen molar-refractivity contribution in [2.45, 2.75) is 44.8 Å². The summed E-state index contributed by atoms with van der Waals surface area (Å²) in [4.78, 5) is 41.1. The van der Waals surface area contributed by atoms with Crippen LogP contribution in [-0.4, -0.2) is 32.9 Å². The van der Waals surface area contributed by atoms with Crippen LogP contribution in [0.2, 0.25) is 0 Å². The molecule has 1 spiro atoms. The Labute approximate surface area is 177 Å². The van der Waals surface area contributed by atoms with Crippen LogP contribution in [0.25, 0.3) is 0 Å². The third kappa shape index (κ3) is 2.20. The molecule has 31 heavy (non-hydrogen) atoms. The topological polar surface area (TPSA) is 91.6 Å². The molecular formula is C23H22FN3O4. The molecule has 2 amide bonds. The minimum atomic E-state index is -0.817. The molecule has 4 aliphatic rings. The highest BCUT2D eigenvalue weighted by atomic mass is 19.1. The van der Waals surface area contributed by atoms with Crippen LogP contribution in [0.4, 0.5) is 4.39 Å². The number of halogens is 1. The summed E-state index contributed by atoms with van der Waals surface area (Å²) in [6, 6.07) is 5.84. The molecule has 6 rings (SSSR count). The number of hydrogen-bond donors (Lipinski definition) is 2. The molecule has 2 saturated carbocycles. The Morgan fingerprint density at radius 1 is 1.23 bits per heavy atom. The van der Waals surface area contributed by atoms with E-state index in [0.29, 0.717) is 30.9 Å².